The normalized spacial score (nSPS) is 12.5. The number of nitrogens with two attached hydrogens (primary N) is 1. The zero-order chi connectivity index (χ0) is 11.4. The second kappa shape index (κ2) is 4.94. The Morgan fingerprint density at radius 1 is 1.60 bits per heavy atom. The largest absolute Gasteiger partial charge is 0.398 e. The smallest absolute Gasteiger partial charge is 0.123 e. The van der Waals surface area contributed by atoms with E-state index in [0.717, 1.165) is 5.57 Å². The predicted octanol–water partition coefficient (Wildman–Crippen LogP) is 2.80. The minimum Gasteiger partial charge on any atom is -0.398 e. The first-order valence-corrected chi connectivity index (χ1v) is 4.88. The van der Waals surface area contributed by atoms with Crippen molar-refractivity contribution in [3.8, 4) is 0 Å². The predicted molar refractivity (Wildman–Crippen MR) is 59.8 cm³/mol. The van der Waals surface area contributed by atoms with Gasteiger partial charge in [0.2, 0.25) is 0 Å². The molecule has 0 aliphatic heterocycles. The number of hydrogen-bond donors (Lipinski definition) is 2. The standard InChI is InChI=1S/C12H16FNO/c1-8(2)3-6-12(15)10-7-9(13)4-5-11(10)14/h4-5,7,12,15H,1,3,6,14H2,2H3. The van der Waals surface area contributed by atoms with Crippen molar-refractivity contribution in [1.29, 1.82) is 0 Å². The van der Waals surface area contributed by atoms with Crippen LogP contribution in [0.15, 0.2) is 30.4 Å². The lowest BCUT2D eigenvalue weighted by atomic mass is 10.0. The van der Waals surface area contributed by atoms with Crippen molar-refractivity contribution in [3.63, 3.8) is 0 Å². The molecule has 0 spiro atoms. The first-order valence-electron chi connectivity index (χ1n) is 4.88. The van der Waals surface area contributed by atoms with Crippen molar-refractivity contribution in [2.24, 2.45) is 0 Å². The van der Waals surface area contributed by atoms with Gasteiger partial charge in [0.1, 0.15) is 5.82 Å². The summed E-state index contributed by atoms with van der Waals surface area (Å²) >= 11 is 0. The third-order valence-electron chi connectivity index (χ3n) is 2.25. The molecular weight excluding hydrogens is 193 g/mol. The van der Waals surface area contributed by atoms with Crippen molar-refractivity contribution in [1.82, 2.24) is 0 Å². The summed E-state index contributed by atoms with van der Waals surface area (Å²) in [5.41, 5.74) is 7.51. The average molecular weight is 209 g/mol. The van der Waals surface area contributed by atoms with E-state index in [1.54, 1.807) is 0 Å². The fraction of sp³-hybridized carbons (Fsp3) is 0.333. The second-order valence-corrected chi connectivity index (χ2v) is 3.78. The molecule has 2 nitrogen and oxygen atoms in total. The zero-order valence-corrected chi connectivity index (χ0v) is 8.83. The molecule has 0 bridgehead atoms. The van der Waals surface area contributed by atoms with Crippen LogP contribution in [0.4, 0.5) is 10.1 Å². The summed E-state index contributed by atoms with van der Waals surface area (Å²) in [5.74, 6) is -0.381. The number of rotatable bonds is 4. The summed E-state index contributed by atoms with van der Waals surface area (Å²) < 4.78 is 12.9. The van der Waals surface area contributed by atoms with Crippen LogP contribution in [0.2, 0.25) is 0 Å². The van der Waals surface area contributed by atoms with Gasteiger partial charge in [0, 0.05) is 11.3 Å². The summed E-state index contributed by atoms with van der Waals surface area (Å²) in [6.07, 6.45) is 0.498. The molecule has 0 saturated heterocycles. The first-order chi connectivity index (χ1) is 7.00. The number of allylic oxidation sites excluding steroid dienone is 1. The number of aliphatic hydroxyl groups excluding tert-OH is 1. The lowest BCUT2D eigenvalue weighted by Gasteiger charge is -2.13. The molecule has 1 atom stereocenters. The Morgan fingerprint density at radius 3 is 2.87 bits per heavy atom. The monoisotopic (exact) mass is 209 g/mol. The molecule has 0 aliphatic rings. The Morgan fingerprint density at radius 2 is 2.27 bits per heavy atom. The van der Waals surface area contributed by atoms with Crippen LogP contribution in [0, 0.1) is 5.82 Å². The Hall–Kier alpha value is -1.35. The molecule has 0 saturated carbocycles. The highest BCUT2D eigenvalue weighted by atomic mass is 19.1. The number of halogens is 1. The highest BCUT2D eigenvalue weighted by Crippen LogP contribution is 2.25. The number of aliphatic hydroxyl groups is 1. The van der Waals surface area contributed by atoms with Crippen LogP contribution in [-0.4, -0.2) is 5.11 Å². The third kappa shape index (κ3) is 3.36. The number of anilines is 1. The SMILES string of the molecule is C=C(C)CCC(O)c1cc(F)ccc1N. The van der Waals surface area contributed by atoms with Gasteiger partial charge in [-0.05, 0) is 38.0 Å². The molecule has 0 heterocycles. The van der Waals surface area contributed by atoms with E-state index < -0.39 is 6.10 Å². The summed E-state index contributed by atoms with van der Waals surface area (Å²) in [4.78, 5) is 0. The van der Waals surface area contributed by atoms with Gasteiger partial charge >= 0.3 is 0 Å². The zero-order valence-electron chi connectivity index (χ0n) is 8.83. The van der Waals surface area contributed by atoms with Gasteiger partial charge in [-0.25, -0.2) is 4.39 Å². The molecule has 0 aromatic heterocycles. The van der Waals surface area contributed by atoms with Crippen LogP contribution in [0.25, 0.3) is 0 Å². The number of benzene rings is 1. The van der Waals surface area contributed by atoms with E-state index in [2.05, 4.69) is 6.58 Å². The van der Waals surface area contributed by atoms with Crippen molar-refractivity contribution < 1.29 is 9.50 Å². The van der Waals surface area contributed by atoms with Crippen molar-refractivity contribution in [2.75, 3.05) is 5.73 Å². The summed E-state index contributed by atoms with van der Waals surface area (Å²) in [5, 5.41) is 9.79. The van der Waals surface area contributed by atoms with Gasteiger partial charge in [-0.1, -0.05) is 5.57 Å². The number of nitrogen functional groups attached to an aromatic ring is 1. The third-order valence-corrected chi connectivity index (χ3v) is 2.25. The Balaban J connectivity index is 2.76. The molecule has 1 unspecified atom stereocenters. The van der Waals surface area contributed by atoms with Crippen LogP contribution in [0.1, 0.15) is 31.4 Å². The maximum Gasteiger partial charge on any atom is 0.123 e. The molecule has 0 fully saturated rings. The Kier molecular flexibility index (Phi) is 3.86. The lowest BCUT2D eigenvalue weighted by molar-refractivity contribution is 0.168. The van der Waals surface area contributed by atoms with Gasteiger partial charge < -0.3 is 10.8 Å². The van der Waals surface area contributed by atoms with Crippen molar-refractivity contribution >= 4 is 5.69 Å². The maximum atomic E-state index is 12.9. The molecule has 1 aromatic rings. The molecule has 1 rings (SSSR count). The van der Waals surface area contributed by atoms with Crippen LogP contribution in [0.3, 0.4) is 0 Å². The first kappa shape index (κ1) is 11.7. The van der Waals surface area contributed by atoms with Gasteiger partial charge in [0.15, 0.2) is 0 Å². The molecular formula is C12H16FNO. The molecule has 82 valence electrons. The molecule has 0 amide bonds. The van der Waals surface area contributed by atoms with E-state index in [4.69, 9.17) is 5.73 Å². The molecule has 15 heavy (non-hydrogen) atoms. The fourth-order valence-corrected chi connectivity index (χ4v) is 1.37. The fourth-order valence-electron chi connectivity index (χ4n) is 1.37. The van der Waals surface area contributed by atoms with E-state index in [9.17, 15) is 9.50 Å². The molecule has 3 heteroatoms. The minimum atomic E-state index is -0.725. The Bertz CT molecular complexity index is 363. The molecule has 3 N–H and O–H groups in total. The molecule has 1 aromatic carbocycles. The van der Waals surface area contributed by atoms with Gasteiger partial charge in [-0.2, -0.15) is 0 Å². The van der Waals surface area contributed by atoms with E-state index in [-0.39, 0.29) is 5.82 Å². The maximum absolute atomic E-state index is 12.9. The van der Waals surface area contributed by atoms with Crippen molar-refractivity contribution in [3.05, 3.63) is 41.7 Å². The molecule has 0 radical (unpaired) electrons. The van der Waals surface area contributed by atoms with Gasteiger partial charge in [-0.3, -0.25) is 0 Å². The molecule has 0 aliphatic carbocycles. The van der Waals surface area contributed by atoms with Gasteiger partial charge in [0.05, 0.1) is 6.10 Å². The minimum absolute atomic E-state index is 0.381. The average Bonchev–Trinajstić information content (AvgIpc) is 2.18. The number of hydrogen-bond acceptors (Lipinski definition) is 2. The van der Waals surface area contributed by atoms with Crippen molar-refractivity contribution in [2.45, 2.75) is 25.9 Å². The van der Waals surface area contributed by atoms with Gasteiger partial charge in [-0.15, -0.1) is 6.58 Å². The van der Waals surface area contributed by atoms with E-state index in [1.807, 2.05) is 6.92 Å². The van der Waals surface area contributed by atoms with Crippen LogP contribution < -0.4 is 5.73 Å². The summed E-state index contributed by atoms with van der Waals surface area (Å²) in [6.45, 7) is 5.63. The second-order valence-electron chi connectivity index (χ2n) is 3.78. The topological polar surface area (TPSA) is 46.2 Å². The van der Waals surface area contributed by atoms with E-state index >= 15 is 0 Å². The van der Waals surface area contributed by atoms with Crippen LogP contribution in [0.5, 0.6) is 0 Å². The van der Waals surface area contributed by atoms with E-state index in [0.29, 0.717) is 24.1 Å². The van der Waals surface area contributed by atoms with Crippen LogP contribution >= 0.6 is 0 Å². The summed E-state index contributed by atoms with van der Waals surface area (Å²) in [6, 6.07) is 4.03. The lowest BCUT2D eigenvalue weighted by Crippen LogP contribution is -2.03. The van der Waals surface area contributed by atoms with E-state index in [1.165, 1.54) is 18.2 Å². The highest BCUT2D eigenvalue weighted by molar-refractivity contribution is 5.47. The quantitative estimate of drug-likeness (QED) is 0.591. The summed E-state index contributed by atoms with van der Waals surface area (Å²) in [7, 11) is 0. The van der Waals surface area contributed by atoms with Gasteiger partial charge in [0.25, 0.3) is 0 Å². The highest BCUT2D eigenvalue weighted by Gasteiger charge is 2.11. The van der Waals surface area contributed by atoms with Crippen LogP contribution in [-0.2, 0) is 0 Å². The Labute approximate surface area is 89.2 Å².